The Hall–Kier alpha value is -3.45. The summed E-state index contributed by atoms with van der Waals surface area (Å²) in [4.78, 5) is 21.3. The van der Waals surface area contributed by atoms with Crippen molar-refractivity contribution in [3.63, 3.8) is 0 Å². The standard InChI is InChI=1S/C27H24BrN3O3/c1-4-24-30-26-15(2)9-16(3)29-27(26)31(24)13-17-5-8-20-22(12-25(32)33)21-11-19(28)7-6-18(21)14-34-23(20)10-17/h5-12H,4,13-14H2,1-3H3,(H,32,33)/b22-12+. The van der Waals surface area contributed by atoms with E-state index < -0.39 is 5.97 Å². The number of nitrogens with zero attached hydrogens (tertiary/aromatic N) is 3. The van der Waals surface area contributed by atoms with Crippen LogP contribution in [-0.4, -0.2) is 25.6 Å². The number of benzene rings is 2. The number of aromatic nitrogens is 3. The van der Waals surface area contributed by atoms with Gasteiger partial charge in [0.05, 0.1) is 6.54 Å². The van der Waals surface area contributed by atoms with Gasteiger partial charge in [-0.25, -0.2) is 14.8 Å². The quantitative estimate of drug-likeness (QED) is 0.344. The molecule has 0 atom stereocenters. The summed E-state index contributed by atoms with van der Waals surface area (Å²) in [5, 5.41) is 9.56. The molecule has 0 saturated carbocycles. The highest BCUT2D eigenvalue weighted by molar-refractivity contribution is 9.10. The van der Waals surface area contributed by atoms with Crippen molar-refractivity contribution in [1.82, 2.24) is 14.5 Å². The second-order valence-corrected chi connectivity index (χ2v) is 9.45. The zero-order valence-electron chi connectivity index (χ0n) is 19.2. The van der Waals surface area contributed by atoms with Gasteiger partial charge in [0.15, 0.2) is 5.65 Å². The summed E-state index contributed by atoms with van der Waals surface area (Å²) >= 11 is 3.51. The molecule has 0 aliphatic carbocycles. The van der Waals surface area contributed by atoms with Gasteiger partial charge in [0, 0.05) is 33.8 Å². The molecule has 5 rings (SSSR count). The number of aryl methyl sites for hydroxylation is 3. The van der Waals surface area contributed by atoms with Gasteiger partial charge >= 0.3 is 5.97 Å². The summed E-state index contributed by atoms with van der Waals surface area (Å²) in [5.41, 5.74) is 8.13. The maximum atomic E-state index is 11.7. The molecule has 172 valence electrons. The Morgan fingerprint density at radius 3 is 2.74 bits per heavy atom. The Morgan fingerprint density at radius 2 is 1.97 bits per heavy atom. The number of fused-ring (bicyclic) bond motifs is 3. The van der Waals surface area contributed by atoms with Crippen LogP contribution in [0.1, 0.15) is 46.3 Å². The zero-order valence-corrected chi connectivity index (χ0v) is 20.8. The van der Waals surface area contributed by atoms with Crippen molar-refractivity contribution in [2.24, 2.45) is 0 Å². The number of carboxylic acids is 1. The first kappa shape index (κ1) is 22.3. The Morgan fingerprint density at radius 1 is 1.15 bits per heavy atom. The van der Waals surface area contributed by atoms with E-state index in [-0.39, 0.29) is 0 Å². The van der Waals surface area contributed by atoms with Crippen LogP contribution in [0.4, 0.5) is 0 Å². The first-order valence-electron chi connectivity index (χ1n) is 11.2. The molecule has 0 fully saturated rings. The third-order valence-electron chi connectivity index (χ3n) is 6.11. The van der Waals surface area contributed by atoms with Crippen LogP contribution < -0.4 is 4.74 Å². The van der Waals surface area contributed by atoms with Crippen molar-refractivity contribution in [1.29, 1.82) is 0 Å². The lowest BCUT2D eigenvalue weighted by Gasteiger charge is -2.13. The highest BCUT2D eigenvalue weighted by Gasteiger charge is 2.22. The largest absolute Gasteiger partial charge is 0.488 e. The SMILES string of the molecule is CCc1nc2c(C)cc(C)nc2n1Cc1ccc2c(c1)OCc1ccc(Br)cc1/C2=C/C(=O)O. The fourth-order valence-corrected chi connectivity index (χ4v) is 4.94. The lowest BCUT2D eigenvalue weighted by Crippen LogP contribution is -2.06. The zero-order chi connectivity index (χ0) is 24.0. The molecule has 4 aromatic rings. The van der Waals surface area contributed by atoms with Crippen molar-refractivity contribution >= 4 is 38.6 Å². The smallest absolute Gasteiger partial charge is 0.328 e. The molecule has 1 aliphatic heterocycles. The number of halogens is 1. The minimum Gasteiger partial charge on any atom is -0.488 e. The molecule has 0 spiro atoms. The van der Waals surface area contributed by atoms with Gasteiger partial charge in [-0.05, 0) is 60.4 Å². The average Bonchev–Trinajstić information content (AvgIpc) is 3.07. The molecule has 1 N–H and O–H groups in total. The van der Waals surface area contributed by atoms with Crippen LogP contribution in [-0.2, 0) is 24.4 Å². The predicted molar refractivity (Wildman–Crippen MR) is 135 cm³/mol. The first-order chi connectivity index (χ1) is 16.3. The van der Waals surface area contributed by atoms with Crippen LogP contribution in [0.5, 0.6) is 5.75 Å². The van der Waals surface area contributed by atoms with Crippen LogP contribution >= 0.6 is 15.9 Å². The van der Waals surface area contributed by atoms with Crippen LogP contribution in [0.15, 0.2) is 53.0 Å². The van der Waals surface area contributed by atoms with Gasteiger partial charge in [0.25, 0.3) is 0 Å². The Bertz CT molecular complexity index is 1490. The van der Waals surface area contributed by atoms with Gasteiger partial charge in [0.1, 0.15) is 23.7 Å². The van der Waals surface area contributed by atoms with Crippen LogP contribution in [0, 0.1) is 13.8 Å². The Balaban J connectivity index is 1.60. The molecular weight excluding hydrogens is 494 g/mol. The number of imidazole rings is 1. The highest BCUT2D eigenvalue weighted by atomic mass is 79.9. The first-order valence-corrected chi connectivity index (χ1v) is 12.0. The average molecular weight is 518 g/mol. The molecule has 0 saturated heterocycles. The van der Waals surface area contributed by atoms with Crippen molar-refractivity contribution in [2.75, 3.05) is 0 Å². The molecule has 2 aromatic heterocycles. The lowest BCUT2D eigenvalue weighted by atomic mass is 9.93. The number of hydrogen-bond donors (Lipinski definition) is 1. The van der Waals surface area contributed by atoms with E-state index in [0.29, 0.717) is 24.5 Å². The molecule has 7 heteroatoms. The third kappa shape index (κ3) is 4.01. The monoisotopic (exact) mass is 517 g/mol. The minimum atomic E-state index is -0.993. The van der Waals surface area contributed by atoms with E-state index in [0.717, 1.165) is 61.4 Å². The Kier molecular flexibility index (Phi) is 5.73. The molecule has 2 aromatic carbocycles. The summed E-state index contributed by atoms with van der Waals surface area (Å²) in [6.07, 6.45) is 2.05. The molecule has 34 heavy (non-hydrogen) atoms. The summed E-state index contributed by atoms with van der Waals surface area (Å²) in [6.45, 7) is 7.12. The van der Waals surface area contributed by atoms with Gasteiger partial charge in [-0.3, -0.25) is 0 Å². The fraction of sp³-hybridized carbons (Fsp3) is 0.222. The molecule has 1 aliphatic rings. The molecule has 0 radical (unpaired) electrons. The van der Waals surface area contributed by atoms with E-state index in [2.05, 4.69) is 40.4 Å². The van der Waals surface area contributed by atoms with Gasteiger partial charge in [-0.15, -0.1) is 0 Å². The van der Waals surface area contributed by atoms with Crippen molar-refractivity contribution in [3.05, 3.63) is 92.3 Å². The number of carboxylic acid groups (broad SMARTS) is 1. The topological polar surface area (TPSA) is 77.2 Å². The fourth-order valence-electron chi connectivity index (χ4n) is 4.58. The van der Waals surface area contributed by atoms with Crippen molar-refractivity contribution < 1.29 is 14.6 Å². The van der Waals surface area contributed by atoms with E-state index in [1.54, 1.807) is 0 Å². The summed E-state index contributed by atoms with van der Waals surface area (Å²) < 4.78 is 9.23. The van der Waals surface area contributed by atoms with Gasteiger partial charge in [0.2, 0.25) is 0 Å². The third-order valence-corrected chi connectivity index (χ3v) is 6.60. The summed E-state index contributed by atoms with van der Waals surface area (Å²) in [7, 11) is 0. The Labute approximate surface area is 206 Å². The number of pyridine rings is 1. The van der Waals surface area contributed by atoms with Gasteiger partial charge < -0.3 is 14.4 Å². The summed E-state index contributed by atoms with van der Waals surface area (Å²) in [5.74, 6) is 0.656. The molecule has 0 amide bonds. The normalized spacial score (nSPS) is 13.9. The molecular formula is C27H24BrN3O3. The van der Waals surface area contributed by atoms with Crippen LogP contribution in [0.25, 0.3) is 16.7 Å². The second-order valence-electron chi connectivity index (χ2n) is 8.54. The number of rotatable bonds is 4. The summed E-state index contributed by atoms with van der Waals surface area (Å²) in [6, 6.07) is 13.9. The predicted octanol–water partition coefficient (Wildman–Crippen LogP) is 5.83. The lowest BCUT2D eigenvalue weighted by molar-refractivity contribution is -0.131. The number of aliphatic carboxylic acids is 1. The van der Waals surface area contributed by atoms with Crippen molar-refractivity contribution in [2.45, 2.75) is 40.3 Å². The van der Waals surface area contributed by atoms with Crippen molar-refractivity contribution in [3.8, 4) is 5.75 Å². The molecule has 0 bridgehead atoms. The number of hydrogen-bond acceptors (Lipinski definition) is 4. The van der Waals surface area contributed by atoms with E-state index in [9.17, 15) is 9.90 Å². The second kappa shape index (κ2) is 8.72. The van der Waals surface area contributed by atoms with E-state index in [1.807, 2.05) is 43.3 Å². The minimum absolute atomic E-state index is 0.365. The maximum absolute atomic E-state index is 11.7. The molecule has 0 unspecified atom stereocenters. The van der Waals surface area contributed by atoms with Crippen LogP contribution in [0.3, 0.4) is 0 Å². The highest BCUT2D eigenvalue weighted by Crippen LogP contribution is 2.38. The molecule has 6 nitrogen and oxygen atoms in total. The molecule has 3 heterocycles. The van der Waals surface area contributed by atoms with E-state index in [1.165, 1.54) is 6.08 Å². The van der Waals surface area contributed by atoms with Gasteiger partial charge in [-0.2, -0.15) is 0 Å². The van der Waals surface area contributed by atoms with Crippen LogP contribution in [0.2, 0.25) is 0 Å². The number of ether oxygens (including phenoxy) is 1. The maximum Gasteiger partial charge on any atom is 0.328 e. The van der Waals surface area contributed by atoms with Gasteiger partial charge in [-0.1, -0.05) is 41.1 Å². The van der Waals surface area contributed by atoms with E-state index >= 15 is 0 Å². The van der Waals surface area contributed by atoms with E-state index in [4.69, 9.17) is 14.7 Å². The number of carbonyl (C=O) groups is 1.